The Bertz CT molecular complexity index is 1180. The molecule has 0 saturated carbocycles. The molecule has 0 spiro atoms. The number of benzene rings is 1. The molecule has 0 bridgehead atoms. The van der Waals surface area contributed by atoms with Gasteiger partial charge in [-0.25, -0.2) is 0 Å². The van der Waals surface area contributed by atoms with E-state index in [1.807, 2.05) is 37.3 Å². The van der Waals surface area contributed by atoms with Gasteiger partial charge in [-0.05, 0) is 0 Å². The summed E-state index contributed by atoms with van der Waals surface area (Å²) < 4.78 is 21.8. The van der Waals surface area contributed by atoms with E-state index in [0.717, 1.165) is 18.4 Å². The van der Waals surface area contributed by atoms with Crippen LogP contribution in [-0.2, 0) is 14.1 Å². The minimum absolute atomic E-state index is 0.0370. The van der Waals surface area contributed by atoms with Crippen LogP contribution in [-0.4, -0.2) is 78.6 Å². The number of carbonyl (C=O) groups is 3. The minimum atomic E-state index is -1.26. The van der Waals surface area contributed by atoms with Gasteiger partial charge in [0.2, 0.25) is 0 Å². The monoisotopic (exact) mass is 512 g/mol. The molecule has 0 radical (unpaired) electrons. The second kappa shape index (κ2) is 13.5. The van der Waals surface area contributed by atoms with E-state index in [1.54, 1.807) is 6.07 Å². The van der Waals surface area contributed by atoms with Crippen molar-refractivity contribution in [3.05, 3.63) is 48.2 Å². The molecule has 1 aliphatic rings. The number of nitrogens with zero attached hydrogens (tertiary/aromatic N) is 3. The first-order valence-corrected chi connectivity index (χ1v) is 12.5. The SMILES string of the molecule is CCCCOC(=O)N1CCN(C(=O)[C@H](C#P=O)NC(=O)c2cc(OC)cc(-c3ccccc3)n2)CC1. The molecule has 1 N–H and O–H groups in total. The van der Waals surface area contributed by atoms with Crippen molar-refractivity contribution in [1.82, 2.24) is 20.1 Å². The van der Waals surface area contributed by atoms with Crippen LogP contribution in [0.1, 0.15) is 30.3 Å². The summed E-state index contributed by atoms with van der Waals surface area (Å²) in [4.78, 5) is 45.7. The Kier molecular flexibility index (Phi) is 10.1. The Morgan fingerprint density at radius 1 is 1.11 bits per heavy atom. The molecule has 0 unspecified atom stereocenters. The summed E-state index contributed by atoms with van der Waals surface area (Å²) in [6.07, 6.45) is 1.31. The Hall–Kier alpha value is -3.61. The Labute approximate surface area is 211 Å². The molecule has 190 valence electrons. The normalized spacial score (nSPS) is 13.8. The van der Waals surface area contributed by atoms with Crippen molar-refractivity contribution in [2.24, 2.45) is 0 Å². The standard InChI is InChI=1S/C25H29N4O6P/c1-3-4-14-35-25(32)29-12-10-28(11-13-29)24(31)22(17-36-33)27-23(30)21-16-19(34-2)15-20(26-21)18-8-6-5-7-9-18/h5-9,15-16,22H,3-4,10-14H2,1-2H3,(H,27,30)/t22-/m0/s1. The molecule has 1 aromatic heterocycles. The van der Waals surface area contributed by atoms with E-state index >= 15 is 0 Å². The Morgan fingerprint density at radius 3 is 2.44 bits per heavy atom. The topological polar surface area (TPSA) is 118 Å². The van der Waals surface area contributed by atoms with Crippen LogP contribution in [0.2, 0.25) is 0 Å². The fourth-order valence-corrected chi connectivity index (χ4v) is 3.87. The predicted molar refractivity (Wildman–Crippen MR) is 133 cm³/mol. The van der Waals surface area contributed by atoms with Crippen LogP contribution in [0.15, 0.2) is 42.5 Å². The summed E-state index contributed by atoms with van der Waals surface area (Å²) in [6.45, 7) is 3.46. The van der Waals surface area contributed by atoms with Gasteiger partial charge < -0.3 is 0 Å². The molecule has 2 heterocycles. The number of hydrogen-bond donors (Lipinski definition) is 1. The first kappa shape index (κ1) is 27.0. The predicted octanol–water partition coefficient (Wildman–Crippen LogP) is 3.19. The van der Waals surface area contributed by atoms with Gasteiger partial charge in [-0.2, -0.15) is 0 Å². The van der Waals surface area contributed by atoms with Gasteiger partial charge in [0, 0.05) is 0 Å². The quantitative estimate of drug-likeness (QED) is 0.426. The van der Waals surface area contributed by atoms with Gasteiger partial charge in [0.25, 0.3) is 0 Å². The molecule has 1 fully saturated rings. The number of pyridine rings is 1. The van der Waals surface area contributed by atoms with Gasteiger partial charge in [0.1, 0.15) is 0 Å². The van der Waals surface area contributed by atoms with Crippen LogP contribution in [0.3, 0.4) is 0 Å². The molecule has 3 amide bonds. The third-order valence-corrected chi connectivity index (χ3v) is 5.98. The number of carbonyl (C=O) groups excluding carboxylic acids is 3. The van der Waals surface area contributed by atoms with E-state index in [0.29, 0.717) is 31.1 Å². The summed E-state index contributed by atoms with van der Waals surface area (Å²) >= 11 is 0. The average Bonchev–Trinajstić information content (AvgIpc) is 2.92. The Balaban J connectivity index is 1.68. The Morgan fingerprint density at radius 2 is 1.81 bits per heavy atom. The molecule has 0 aliphatic carbocycles. The molecule has 1 aliphatic heterocycles. The number of amides is 3. The van der Waals surface area contributed by atoms with E-state index in [4.69, 9.17) is 9.47 Å². The molecular formula is C25H29N4O6P. The molecule has 11 heteroatoms. The van der Waals surface area contributed by atoms with Crippen molar-refractivity contribution in [3.63, 3.8) is 0 Å². The van der Waals surface area contributed by atoms with Crippen LogP contribution < -0.4 is 10.1 Å². The van der Waals surface area contributed by atoms with Gasteiger partial charge in [-0.15, -0.1) is 0 Å². The van der Waals surface area contributed by atoms with Gasteiger partial charge in [0.05, 0.1) is 0 Å². The molecule has 10 nitrogen and oxygen atoms in total. The summed E-state index contributed by atoms with van der Waals surface area (Å²) in [7, 11) is 0.954. The van der Waals surface area contributed by atoms with Crippen LogP contribution in [0, 0.1) is 5.63 Å². The van der Waals surface area contributed by atoms with Crippen molar-refractivity contribution in [2.75, 3.05) is 39.9 Å². The molecule has 1 saturated heterocycles. The second-order valence-corrected chi connectivity index (χ2v) is 8.49. The van der Waals surface area contributed by atoms with Crippen LogP contribution >= 0.6 is 7.92 Å². The number of hydrogen-bond acceptors (Lipinski definition) is 7. The van der Waals surface area contributed by atoms with Crippen molar-refractivity contribution < 1.29 is 28.4 Å². The molecule has 1 atom stereocenters. The van der Waals surface area contributed by atoms with Crippen molar-refractivity contribution in [1.29, 1.82) is 0 Å². The van der Waals surface area contributed by atoms with Crippen LogP contribution in [0.25, 0.3) is 11.3 Å². The summed E-state index contributed by atoms with van der Waals surface area (Å²) in [5, 5.41) is 2.56. The summed E-state index contributed by atoms with van der Waals surface area (Å²) in [6, 6.07) is 11.2. The molecule has 1 aromatic carbocycles. The van der Waals surface area contributed by atoms with Crippen molar-refractivity contribution in [2.45, 2.75) is 25.8 Å². The summed E-state index contributed by atoms with van der Waals surface area (Å²) in [5.74, 6) is -0.690. The zero-order valence-electron chi connectivity index (χ0n) is 20.3. The molecule has 36 heavy (non-hydrogen) atoms. The maximum absolute atomic E-state index is 13.1. The summed E-state index contributed by atoms with van der Waals surface area (Å²) in [5.41, 5.74) is 3.81. The average molecular weight is 513 g/mol. The van der Waals surface area contributed by atoms with Gasteiger partial charge >= 0.3 is 204 Å². The number of rotatable bonds is 8. The number of unbranched alkanes of at least 4 members (excludes halogenated alkanes) is 1. The molecular weight excluding hydrogens is 483 g/mol. The van der Waals surface area contributed by atoms with Gasteiger partial charge in [-0.1, -0.05) is 6.92 Å². The van der Waals surface area contributed by atoms with Crippen molar-refractivity contribution in [3.8, 4) is 22.6 Å². The zero-order valence-corrected chi connectivity index (χ0v) is 21.2. The number of aromatic nitrogens is 1. The molecule has 3 rings (SSSR count). The number of nitrogens with one attached hydrogen (secondary N) is 1. The third-order valence-electron chi connectivity index (χ3n) is 5.61. The fourth-order valence-electron chi connectivity index (χ4n) is 3.59. The zero-order chi connectivity index (χ0) is 25.9. The number of piperazine rings is 1. The third kappa shape index (κ3) is 7.20. The van der Waals surface area contributed by atoms with E-state index in [1.165, 1.54) is 23.0 Å². The second-order valence-electron chi connectivity index (χ2n) is 8.05. The van der Waals surface area contributed by atoms with Crippen molar-refractivity contribution >= 4 is 25.8 Å². The van der Waals surface area contributed by atoms with Crippen LogP contribution in [0.4, 0.5) is 4.79 Å². The molecule has 2 aromatic rings. The van der Waals surface area contributed by atoms with E-state index in [2.05, 4.69) is 15.9 Å². The fraction of sp³-hybridized carbons (Fsp3) is 0.400. The first-order valence-electron chi connectivity index (χ1n) is 11.7. The van der Waals surface area contributed by atoms with E-state index < -0.39 is 31.9 Å². The van der Waals surface area contributed by atoms with E-state index in [-0.39, 0.29) is 18.8 Å². The van der Waals surface area contributed by atoms with Gasteiger partial charge in [-0.3, -0.25) is 0 Å². The van der Waals surface area contributed by atoms with Gasteiger partial charge in [0.15, 0.2) is 0 Å². The van der Waals surface area contributed by atoms with Crippen LogP contribution in [0.5, 0.6) is 5.75 Å². The number of ether oxygens (including phenoxy) is 2. The number of methoxy groups -OCH3 is 1. The van der Waals surface area contributed by atoms with E-state index in [9.17, 15) is 18.9 Å². The maximum atomic E-state index is 13.1. The first-order chi connectivity index (χ1) is 17.5.